The zero-order valence-corrected chi connectivity index (χ0v) is 10.3. The zero-order chi connectivity index (χ0) is 13.9. The van der Waals surface area contributed by atoms with Crippen LogP contribution in [-0.2, 0) is 6.42 Å². The number of alkyl halides is 3. The van der Waals surface area contributed by atoms with E-state index in [1.165, 1.54) is 12.1 Å². The second-order valence-corrected chi connectivity index (χ2v) is 4.00. The monoisotopic (exact) mass is 267 g/mol. The van der Waals surface area contributed by atoms with E-state index in [0.29, 0.717) is 12.8 Å². The maximum Gasteiger partial charge on any atom is 0.573 e. The van der Waals surface area contributed by atoms with Gasteiger partial charge < -0.3 is 9.72 Å². The lowest BCUT2D eigenvalue weighted by atomic mass is 10.1. The van der Waals surface area contributed by atoms with E-state index in [-0.39, 0.29) is 5.75 Å². The maximum atomic E-state index is 12.2. The number of benzene rings is 1. The van der Waals surface area contributed by atoms with Crippen LogP contribution in [-0.4, -0.2) is 11.3 Å². The third-order valence-corrected chi connectivity index (χ3v) is 2.67. The molecule has 0 atom stereocenters. The summed E-state index contributed by atoms with van der Waals surface area (Å²) in [6.45, 7) is 1.75. The summed E-state index contributed by atoms with van der Waals surface area (Å²) in [5.41, 5.74) is 1.72. The molecule has 100 valence electrons. The molecule has 0 fully saturated rings. The molecule has 1 N–H and O–H groups in total. The van der Waals surface area contributed by atoms with Crippen LogP contribution in [0.5, 0.6) is 5.75 Å². The molecule has 0 aliphatic heterocycles. The molecule has 0 unspecified atom stereocenters. The van der Waals surface area contributed by atoms with Gasteiger partial charge in [-0.15, -0.1) is 25.0 Å². The Labute approximate surface area is 108 Å². The number of halogens is 3. The summed E-state index contributed by atoms with van der Waals surface area (Å²) in [7, 11) is 0. The van der Waals surface area contributed by atoms with Crippen LogP contribution in [0.2, 0.25) is 0 Å². The summed E-state index contributed by atoms with van der Waals surface area (Å²) in [6.07, 6.45) is -1.51. The number of fused-ring (bicyclic) bond motifs is 1. The van der Waals surface area contributed by atoms with E-state index in [4.69, 9.17) is 0 Å². The largest absolute Gasteiger partial charge is 0.573 e. The SMILES string of the molecule is CC#CCCc1c[nH]c2ccc(OC(F)(F)F)cc12. The van der Waals surface area contributed by atoms with E-state index < -0.39 is 6.36 Å². The molecule has 0 radical (unpaired) electrons. The molecule has 0 bridgehead atoms. The van der Waals surface area contributed by atoms with Gasteiger partial charge in [0.1, 0.15) is 5.75 Å². The second-order valence-electron chi connectivity index (χ2n) is 4.00. The van der Waals surface area contributed by atoms with Gasteiger partial charge in [-0.3, -0.25) is 0 Å². The van der Waals surface area contributed by atoms with Crippen LogP contribution in [0.4, 0.5) is 13.2 Å². The number of aryl methyl sites for hydroxylation is 1. The molecule has 1 aromatic heterocycles. The first-order valence-electron chi connectivity index (χ1n) is 5.75. The van der Waals surface area contributed by atoms with Gasteiger partial charge in [-0.05, 0) is 37.1 Å². The molecule has 0 spiro atoms. The summed E-state index contributed by atoms with van der Waals surface area (Å²) in [4.78, 5) is 3.02. The van der Waals surface area contributed by atoms with Gasteiger partial charge in [0.15, 0.2) is 0 Å². The van der Waals surface area contributed by atoms with Crippen LogP contribution in [0.1, 0.15) is 18.9 Å². The van der Waals surface area contributed by atoms with Crippen LogP contribution >= 0.6 is 0 Å². The lowest BCUT2D eigenvalue weighted by Crippen LogP contribution is -2.16. The molecule has 1 aromatic carbocycles. The Morgan fingerprint density at radius 3 is 2.79 bits per heavy atom. The number of aromatic amines is 1. The molecule has 0 aliphatic rings. The molecule has 1 heterocycles. The molecule has 0 aliphatic carbocycles. The Hall–Kier alpha value is -2.09. The highest BCUT2D eigenvalue weighted by molar-refractivity contribution is 5.84. The van der Waals surface area contributed by atoms with Gasteiger partial charge in [0.2, 0.25) is 0 Å². The lowest BCUT2D eigenvalue weighted by Gasteiger charge is -2.08. The van der Waals surface area contributed by atoms with Gasteiger partial charge in [-0.25, -0.2) is 0 Å². The number of hydrogen-bond donors (Lipinski definition) is 1. The number of nitrogens with one attached hydrogen (secondary N) is 1. The smallest absolute Gasteiger partial charge is 0.406 e. The van der Waals surface area contributed by atoms with Crippen LogP contribution in [0.3, 0.4) is 0 Å². The molecule has 0 amide bonds. The van der Waals surface area contributed by atoms with E-state index >= 15 is 0 Å². The van der Waals surface area contributed by atoms with Crippen molar-refractivity contribution >= 4 is 10.9 Å². The summed E-state index contributed by atoms with van der Waals surface area (Å²) in [5.74, 6) is 5.51. The predicted molar refractivity (Wildman–Crippen MR) is 66.8 cm³/mol. The Kier molecular flexibility index (Phi) is 3.70. The lowest BCUT2D eigenvalue weighted by molar-refractivity contribution is -0.274. The zero-order valence-electron chi connectivity index (χ0n) is 10.3. The average molecular weight is 267 g/mol. The Balaban J connectivity index is 2.28. The van der Waals surface area contributed by atoms with Crippen molar-refractivity contribution in [3.8, 4) is 17.6 Å². The first-order chi connectivity index (χ1) is 8.99. The summed E-state index contributed by atoms with van der Waals surface area (Å²) >= 11 is 0. The standard InChI is InChI=1S/C14H12F3NO/c1-2-3-4-5-10-9-18-13-7-6-11(8-12(10)13)19-14(15,16)17/h6-9,18H,4-5H2,1H3. The van der Waals surface area contributed by atoms with E-state index in [9.17, 15) is 13.2 Å². The van der Waals surface area contributed by atoms with Crippen LogP contribution in [0, 0.1) is 11.8 Å². The number of ether oxygens (including phenoxy) is 1. The van der Waals surface area contributed by atoms with Gasteiger partial charge in [0.25, 0.3) is 0 Å². The molecule has 2 rings (SSSR count). The average Bonchev–Trinajstić information content (AvgIpc) is 2.70. The normalized spacial score (nSPS) is 11.2. The van der Waals surface area contributed by atoms with Crippen molar-refractivity contribution in [3.63, 3.8) is 0 Å². The van der Waals surface area contributed by atoms with Gasteiger partial charge in [0, 0.05) is 23.5 Å². The minimum atomic E-state index is -4.67. The van der Waals surface area contributed by atoms with Crippen molar-refractivity contribution in [1.29, 1.82) is 0 Å². The highest BCUT2D eigenvalue weighted by Crippen LogP contribution is 2.28. The Bertz CT molecular complexity index is 631. The fraction of sp³-hybridized carbons (Fsp3) is 0.286. The van der Waals surface area contributed by atoms with Gasteiger partial charge in [0.05, 0.1) is 0 Å². The second kappa shape index (κ2) is 5.27. The van der Waals surface area contributed by atoms with E-state index in [1.807, 2.05) is 0 Å². The van der Waals surface area contributed by atoms with Gasteiger partial charge in [-0.1, -0.05) is 0 Å². The fourth-order valence-corrected chi connectivity index (χ4v) is 1.88. The molecule has 2 aromatic rings. The molecule has 0 saturated carbocycles. The van der Waals surface area contributed by atoms with Crippen molar-refractivity contribution in [2.24, 2.45) is 0 Å². The molecule has 5 heteroatoms. The number of H-pyrrole nitrogens is 1. The molecule has 19 heavy (non-hydrogen) atoms. The highest BCUT2D eigenvalue weighted by Gasteiger charge is 2.31. The Morgan fingerprint density at radius 2 is 2.11 bits per heavy atom. The van der Waals surface area contributed by atoms with Crippen LogP contribution in [0.25, 0.3) is 10.9 Å². The third-order valence-electron chi connectivity index (χ3n) is 2.67. The van der Waals surface area contributed by atoms with Crippen molar-refractivity contribution in [1.82, 2.24) is 4.98 Å². The minimum absolute atomic E-state index is 0.206. The van der Waals surface area contributed by atoms with Gasteiger partial charge in [-0.2, -0.15) is 0 Å². The van der Waals surface area contributed by atoms with Gasteiger partial charge >= 0.3 is 6.36 Å². The van der Waals surface area contributed by atoms with Crippen LogP contribution in [0.15, 0.2) is 24.4 Å². The first kappa shape index (κ1) is 13.3. The van der Waals surface area contributed by atoms with E-state index in [1.54, 1.807) is 19.2 Å². The van der Waals surface area contributed by atoms with E-state index in [0.717, 1.165) is 16.5 Å². The molecular formula is C14H12F3NO. The maximum absolute atomic E-state index is 12.2. The summed E-state index contributed by atoms with van der Waals surface area (Å²) in [5, 5.41) is 0.736. The fourth-order valence-electron chi connectivity index (χ4n) is 1.88. The predicted octanol–water partition coefficient (Wildman–Crippen LogP) is 4.02. The summed E-state index contributed by atoms with van der Waals surface area (Å²) < 4.78 is 40.4. The third kappa shape index (κ3) is 3.44. The van der Waals surface area contributed by atoms with Crippen molar-refractivity contribution in [2.75, 3.05) is 0 Å². The highest BCUT2D eigenvalue weighted by atomic mass is 19.4. The Morgan fingerprint density at radius 1 is 1.32 bits per heavy atom. The number of rotatable bonds is 3. The van der Waals surface area contributed by atoms with Crippen molar-refractivity contribution in [3.05, 3.63) is 30.0 Å². The molecule has 0 saturated heterocycles. The first-order valence-corrected chi connectivity index (χ1v) is 5.75. The minimum Gasteiger partial charge on any atom is -0.406 e. The topological polar surface area (TPSA) is 25.0 Å². The number of aromatic nitrogens is 1. The summed E-state index contributed by atoms with van der Waals surface area (Å²) in [6, 6.07) is 4.27. The number of hydrogen-bond acceptors (Lipinski definition) is 1. The molecule has 2 nitrogen and oxygen atoms in total. The van der Waals surface area contributed by atoms with Crippen molar-refractivity contribution in [2.45, 2.75) is 26.1 Å². The molecular weight excluding hydrogens is 255 g/mol. The van der Waals surface area contributed by atoms with Crippen LogP contribution < -0.4 is 4.74 Å². The van der Waals surface area contributed by atoms with E-state index in [2.05, 4.69) is 21.6 Å². The quantitative estimate of drug-likeness (QED) is 0.835. The van der Waals surface area contributed by atoms with Crippen molar-refractivity contribution < 1.29 is 17.9 Å².